The van der Waals surface area contributed by atoms with Crippen LogP contribution in [0, 0.1) is 6.92 Å². The van der Waals surface area contributed by atoms with Crippen molar-refractivity contribution in [3.8, 4) is 5.75 Å². The predicted octanol–water partition coefficient (Wildman–Crippen LogP) is 2.99. The minimum atomic E-state index is -3.01. The van der Waals surface area contributed by atoms with Crippen molar-refractivity contribution in [2.45, 2.75) is 33.3 Å². The first-order chi connectivity index (χ1) is 7.90. The summed E-state index contributed by atoms with van der Waals surface area (Å²) in [6.07, 6.45) is -2.98. The minimum absolute atomic E-state index is 0.0379. The van der Waals surface area contributed by atoms with Crippen molar-refractivity contribution >= 4 is 11.6 Å². The van der Waals surface area contributed by atoms with Gasteiger partial charge in [0, 0.05) is 5.69 Å². The Bertz CT molecular complexity index is 405. The number of amides is 1. The lowest BCUT2D eigenvalue weighted by Crippen LogP contribution is -2.20. The maximum Gasteiger partial charge on any atom is 0.315 e. The van der Waals surface area contributed by atoms with Gasteiger partial charge in [-0.05, 0) is 44.5 Å². The lowest BCUT2D eigenvalue weighted by Gasteiger charge is -2.13. The molecule has 0 unspecified atom stereocenters. The largest absolute Gasteiger partial charge is 0.491 e. The fraction of sp³-hybridized carbons (Fsp3) is 0.417. The molecule has 0 fully saturated rings. The van der Waals surface area contributed by atoms with Gasteiger partial charge in [-0.1, -0.05) is 0 Å². The van der Waals surface area contributed by atoms with Crippen LogP contribution in [0.5, 0.6) is 5.75 Å². The predicted molar refractivity (Wildman–Crippen MR) is 61.6 cm³/mol. The van der Waals surface area contributed by atoms with E-state index in [0.29, 0.717) is 17.0 Å². The summed E-state index contributed by atoms with van der Waals surface area (Å²) in [5, 5.41) is 2.15. The van der Waals surface area contributed by atoms with Gasteiger partial charge >= 0.3 is 6.43 Å². The van der Waals surface area contributed by atoms with Crippen molar-refractivity contribution in [1.29, 1.82) is 0 Å². The first-order valence-corrected chi connectivity index (χ1v) is 5.26. The third-order valence-corrected chi connectivity index (χ3v) is 2.03. The van der Waals surface area contributed by atoms with E-state index in [-0.39, 0.29) is 6.10 Å². The molecule has 1 N–H and O–H groups in total. The number of ether oxygens (including phenoxy) is 1. The molecule has 0 bridgehead atoms. The van der Waals surface area contributed by atoms with Gasteiger partial charge in [0.25, 0.3) is 5.91 Å². The van der Waals surface area contributed by atoms with E-state index in [1.54, 1.807) is 25.1 Å². The highest BCUT2D eigenvalue weighted by Crippen LogP contribution is 2.22. The van der Waals surface area contributed by atoms with Gasteiger partial charge in [-0.25, -0.2) is 0 Å². The number of benzene rings is 1. The Labute approximate surface area is 98.8 Å². The van der Waals surface area contributed by atoms with E-state index in [9.17, 15) is 13.6 Å². The molecule has 1 aromatic rings. The van der Waals surface area contributed by atoms with E-state index in [1.165, 1.54) is 0 Å². The number of nitrogens with one attached hydrogen (secondary N) is 1. The molecule has 1 aromatic carbocycles. The summed E-state index contributed by atoms with van der Waals surface area (Å²) >= 11 is 0. The number of rotatable bonds is 4. The zero-order chi connectivity index (χ0) is 13.0. The first kappa shape index (κ1) is 13.4. The number of carbonyl (C=O) groups excluding carboxylic acids is 1. The molecule has 0 aliphatic rings. The lowest BCUT2D eigenvalue weighted by atomic mass is 10.2. The second-order valence-corrected chi connectivity index (χ2v) is 3.93. The highest BCUT2D eigenvalue weighted by Gasteiger charge is 2.16. The van der Waals surface area contributed by atoms with Crippen LogP contribution in [0.2, 0.25) is 0 Å². The van der Waals surface area contributed by atoms with Gasteiger partial charge < -0.3 is 10.1 Å². The van der Waals surface area contributed by atoms with Gasteiger partial charge in [0.1, 0.15) is 5.75 Å². The maximum atomic E-state index is 12.1. The monoisotopic (exact) mass is 243 g/mol. The van der Waals surface area contributed by atoms with E-state index in [1.807, 2.05) is 13.8 Å². The van der Waals surface area contributed by atoms with Crippen molar-refractivity contribution in [2.75, 3.05) is 5.32 Å². The lowest BCUT2D eigenvalue weighted by molar-refractivity contribution is -0.126. The molecular formula is C12H15F2NO2. The van der Waals surface area contributed by atoms with Gasteiger partial charge in [0.2, 0.25) is 0 Å². The molecule has 0 saturated carbocycles. The normalized spacial score (nSPS) is 10.8. The third-order valence-electron chi connectivity index (χ3n) is 2.03. The van der Waals surface area contributed by atoms with E-state index in [0.717, 1.165) is 0 Å². The van der Waals surface area contributed by atoms with E-state index >= 15 is 0 Å². The molecule has 0 aliphatic heterocycles. The molecule has 0 heterocycles. The Balaban J connectivity index is 2.79. The summed E-state index contributed by atoms with van der Waals surface area (Å²) < 4.78 is 29.6. The van der Waals surface area contributed by atoms with E-state index < -0.39 is 12.3 Å². The van der Waals surface area contributed by atoms with Crippen LogP contribution >= 0.6 is 0 Å². The quantitative estimate of drug-likeness (QED) is 0.882. The van der Waals surface area contributed by atoms with E-state index in [4.69, 9.17) is 4.74 Å². The van der Waals surface area contributed by atoms with Gasteiger partial charge in [-0.2, -0.15) is 8.78 Å². The molecule has 0 aliphatic carbocycles. The van der Waals surface area contributed by atoms with Crippen molar-refractivity contribution in [2.24, 2.45) is 0 Å². The molecule has 5 heteroatoms. The molecular weight excluding hydrogens is 228 g/mol. The van der Waals surface area contributed by atoms with Crippen LogP contribution in [0.25, 0.3) is 0 Å². The number of alkyl halides is 2. The van der Waals surface area contributed by atoms with Crippen molar-refractivity contribution in [1.82, 2.24) is 0 Å². The smallest absolute Gasteiger partial charge is 0.315 e. The average Bonchev–Trinajstić information content (AvgIpc) is 2.20. The summed E-state index contributed by atoms with van der Waals surface area (Å²) in [6, 6.07) is 4.88. The molecule has 0 radical (unpaired) electrons. The number of hydrogen-bond donors (Lipinski definition) is 1. The molecule has 0 aromatic heterocycles. The topological polar surface area (TPSA) is 38.3 Å². The molecule has 0 spiro atoms. The molecule has 1 amide bonds. The molecule has 0 atom stereocenters. The van der Waals surface area contributed by atoms with Crippen LogP contribution in [-0.2, 0) is 4.79 Å². The van der Waals surface area contributed by atoms with Crippen LogP contribution in [0.4, 0.5) is 14.5 Å². The Morgan fingerprint density at radius 3 is 2.47 bits per heavy atom. The van der Waals surface area contributed by atoms with Gasteiger partial charge in [-0.3, -0.25) is 4.79 Å². The van der Waals surface area contributed by atoms with Crippen LogP contribution in [0.1, 0.15) is 19.4 Å². The highest BCUT2D eigenvalue weighted by atomic mass is 19.3. The van der Waals surface area contributed by atoms with E-state index in [2.05, 4.69) is 5.32 Å². The van der Waals surface area contributed by atoms with Gasteiger partial charge in [0.15, 0.2) is 0 Å². The molecule has 1 rings (SSSR count). The number of anilines is 1. The first-order valence-electron chi connectivity index (χ1n) is 5.26. The number of carbonyl (C=O) groups is 1. The Kier molecular flexibility index (Phi) is 4.43. The molecule has 0 saturated heterocycles. The molecule has 17 heavy (non-hydrogen) atoms. The standard InChI is InChI=1S/C12H15F2NO2/c1-7(2)17-9-4-5-10(8(3)6-9)15-12(16)11(13)14/h4-7,11H,1-3H3,(H,15,16). The Morgan fingerprint density at radius 1 is 1.35 bits per heavy atom. The van der Waals surface area contributed by atoms with Crippen LogP contribution in [0.15, 0.2) is 18.2 Å². The Morgan fingerprint density at radius 2 is 2.00 bits per heavy atom. The summed E-state index contributed by atoms with van der Waals surface area (Å²) in [5.41, 5.74) is 1.04. The number of aryl methyl sites for hydroxylation is 1. The van der Waals surface area contributed by atoms with Crippen molar-refractivity contribution in [3.63, 3.8) is 0 Å². The van der Waals surface area contributed by atoms with Crippen LogP contribution in [0.3, 0.4) is 0 Å². The third kappa shape index (κ3) is 4.01. The molecule has 3 nitrogen and oxygen atoms in total. The Hall–Kier alpha value is -1.65. The maximum absolute atomic E-state index is 12.1. The highest BCUT2D eigenvalue weighted by molar-refractivity contribution is 5.93. The summed E-state index contributed by atoms with van der Waals surface area (Å²) in [6.45, 7) is 5.50. The van der Waals surface area contributed by atoms with Crippen molar-refractivity contribution in [3.05, 3.63) is 23.8 Å². The van der Waals surface area contributed by atoms with Gasteiger partial charge in [-0.15, -0.1) is 0 Å². The minimum Gasteiger partial charge on any atom is -0.491 e. The summed E-state index contributed by atoms with van der Waals surface area (Å²) in [5.74, 6) is -0.654. The summed E-state index contributed by atoms with van der Waals surface area (Å²) in [4.78, 5) is 10.8. The van der Waals surface area contributed by atoms with Crippen molar-refractivity contribution < 1.29 is 18.3 Å². The number of hydrogen-bond acceptors (Lipinski definition) is 2. The fourth-order valence-electron chi connectivity index (χ4n) is 1.31. The second-order valence-electron chi connectivity index (χ2n) is 3.93. The molecule has 94 valence electrons. The van der Waals surface area contributed by atoms with Crippen LogP contribution in [-0.4, -0.2) is 18.4 Å². The summed E-state index contributed by atoms with van der Waals surface area (Å²) in [7, 11) is 0. The van der Waals surface area contributed by atoms with Crippen LogP contribution < -0.4 is 10.1 Å². The fourth-order valence-corrected chi connectivity index (χ4v) is 1.31. The second kappa shape index (κ2) is 5.61. The zero-order valence-electron chi connectivity index (χ0n) is 9.96. The number of halogens is 2. The van der Waals surface area contributed by atoms with Gasteiger partial charge in [0.05, 0.1) is 6.10 Å². The SMILES string of the molecule is Cc1cc(OC(C)C)ccc1NC(=O)C(F)F. The average molecular weight is 243 g/mol. The zero-order valence-corrected chi connectivity index (χ0v) is 9.96.